The summed E-state index contributed by atoms with van der Waals surface area (Å²) < 4.78 is 5.49. The lowest BCUT2D eigenvalue weighted by molar-refractivity contribution is -0.385. The zero-order valence-electron chi connectivity index (χ0n) is 15.9. The highest BCUT2D eigenvalue weighted by Crippen LogP contribution is 2.33. The molecule has 0 N–H and O–H groups in total. The zero-order chi connectivity index (χ0) is 20.4. The summed E-state index contributed by atoms with van der Waals surface area (Å²) in [6.45, 7) is 2.19. The molecule has 1 aliphatic heterocycles. The Hall–Kier alpha value is -3.55. The summed E-state index contributed by atoms with van der Waals surface area (Å²) in [5, 5.41) is 15.3. The van der Waals surface area contributed by atoms with E-state index in [1.165, 1.54) is 6.07 Å². The standard InChI is InChI=1S/C21H20N4O4/c1-14-10-11-16(13-18(14)25(27)28)21(26)24-12-6-5-9-17(24)20-22-19(23-29-20)15-7-3-2-4-8-15/h2-4,7-8,10-11,13,17H,5-6,9,12H2,1H3. The van der Waals surface area contributed by atoms with Gasteiger partial charge in [-0.05, 0) is 32.3 Å². The summed E-state index contributed by atoms with van der Waals surface area (Å²) in [7, 11) is 0. The number of rotatable bonds is 4. The van der Waals surface area contributed by atoms with Gasteiger partial charge < -0.3 is 9.42 Å². The number of carbonyl (C=O) groups is 1. The number of nitro groups is 1. The predicted molar refractivity (Wildman–Crippen MR) is 105 cm³/mol. The molecule has 1 fully saturated rings. The Morgan fingerprint density at radius 3 is 2.76 bits per heavy atom. The number of carbonyl (C=O) groups excluding carboxylic acids is 1. The molecule has 1 atom stereocenters. The van der Waals surface area contributed by atoms with E-state index < -0.39 is 4.92 Å². The molecule has 0 aliphatic carbocycles. The summed E-state index contributed by atoms with van der Waals surface area (Å²) in [5.41, 5.74) is 1.59. The molecule has 0 radical (unpaired) electrons. The number of nitro benzene ring substituents is 1. The van der Waals surface area contributed by atoms with Gasteiger partial charge in [0.25, 0.3) is 11.6 Å². The topological polar surface area (TPSA) is 102 Å². The van der Waals surface area contributed by atoms with E-state index in [2.05, 4.69) is 10.1 Å². The molecule has 3 aromatic rings. The number of aryl methyl sites for hydroxylation is 1. The Balaban J connectivity index is 1.63. The maximum atomic E-state index is 13.2. The largest absolute Gasteiger partial charge is 0.337 e. The van der Waals surface area contributed by atoms with Crippen LogP contribution in [0.1, 0.15) is 47.1 Å². The van der Waals surface area contributed by atoms with Crippen LogP contribution in [0.25, 0.3) is 11.4 Å². The SMILES string of the molecule is Cc1ccc(C(=O)N2CCCCC2c2nc(-c3ccccc3)no2)cc1[N+](=O)[O-]. The van der Waals surface area contributed by atoms with Crippen molar-refractivity contribution in [2.24, 2.45) is 0 Å². The minimum atomic E-state index is -0.468. The molecule has 4 rings (SSSR count). The normalized spacial score (nSPS) is 16.6. The molecule has 1 aromatic heterocycles. The second-order valence-electron chi connectivity index (χ2n) is 7.09. The molecule has 0 spiro atoms. The lowest BCUT2D eigenvalue weighted by atomic mass is 10.00. The molecule has 2 aromatic carbocycles. The molecule has 1 amide bonds. The van der Waals surface area contributed by atoms with Gasteiger partial charge >= 0.3 is 0 Å². The maximum absolute atomic E-state index is 13.2. The lowest BCUT2D eigenvalue weighted by Gasteiger charge is -2.33. The highest BCUT2D eigenvalue weighted by Gasteiger charge is 2.33. The van der Waals surface area contributed by atoms with Gasteiger partial charge in [-0.25, -0.2) is 0 Å². The van der Waals surface area contributed by atoms with Gasteiger partial charge in [-0.15, -0.1) is 0 Å². The van der Waals surface area contributed by atoms with Crippen LogP contribution in [-0.4, -0.2) is 32.4 Å². The Morgan fingerprint density at radius 1 is 1.21 bits per heavy atom. The zero-order valence-corrected chi connectivity index (χ0v) is 15.9. The van der Waals surface area contributed by atoms with E-state index in [0.29, 0.717) is 30.2 Å². The van der Waals surface area contributed by atoms with Gasteiger partial charge in [0, 0.05) is 29.3 Å². The van der Waals surface area contributed by atoms with Crippen LogP contribution in [0.3, 0.4) is 0 Å². The van der Waals surface area contributed by atoms with Gasteiger partial charge in [0.2, 0.25) is 11.7 Å². The summed E-state index contributed by atoms with van der Waals surface area (Å²) in [6.07, 6.45) is 2.50. The predicted octanol–water partition coefficient (Wildman–Crippen LogP) is 4.32. The average Bonchev–Trinajstić information content (AvgIpc) is 3.24. The number of aromatic nitrogens is 2. The molecule has 1 unspecified atom stereocenters. The quantitative estimate of drug-likeness (QED) is 0.484. The van der Waals surface area contributed by atoms with Gasteiger partial charge in [-0.3, -0.25) is 14.9 Å². The molecule has 2 heterocycles. The van der Waals surface area contributed by atoms with Gasteiger partial charge in [-0.2, -0.15) is 4.98 Å². The van der Waals surface area contributed by atoms with Gasteiger partial charge in [0.05, 0.1) is 4.92 Å². The van der Waals surface area contributed by atoms with Crippen molar-refractivity contribution in [1.29, 1.82) is 0 Å². The highest BCUT2D eigenvalue weighted by atomic mass is 16.6. The van der Waals surface area contributed by atoms with Crippen LogP contribution in [-0.2, 0) is 0 Å². The van der Waals surface area contributed by atoms with Crippen LogP contribution in [0.2, 0.25) is 0 Å². The Morgan fingerprint density at radius 2 is 2.00 bits per heavy atom. The Bertz CT molecular complexity index is 1050. The fourth-order valence-electron chi connectivity index (χ4n) is 3.61. The van der Waals surface area contributed by atoms with Crippen molar-refractivity contribution in [3.05, 3.63) is 75.7 Å². The lowest BCUT2D eigenvalue weighted by Crippen LogP contribution is -2.38. The third-order valence-corrected chi connectivity index (χ3v) is 5.18. The fraction of sp³-hybridized carbons (Fsp3) is 0.286. The van der Waals surface area contributed by atoms with Crippen molar-refractivity contribution in [2.75, 3.05) is 6.54 Å². The van der Waals surface area contributed by atoms with E-state index >= 15 is 0 Å². The summed E-state index contributed by atoms with van der Waals surface area (Å²) >= 11 is 0. The van der Waals surface area contributed by atoms with E-state index in [1.54, 1.807) is 24.0 Å². The number of nitrogens with zero attached hydrogens (tertiary/aromatic N) is 4. The average molecular weight is 392 g/mol. The third kappa shape index (κ3) is 3.73. The van der Waals surface area contributed by atoms with E-state index in [9.17, 15) is 14.9 Å². The molecule has 148 valence electrons. The van der Waals surface area contributed by atoms with Crippen LogP contribution in [0.4, 0.5) is 5.69 Å². The van der Waals surface area contributed by atoms with E-state index in [-0.39, 0.29) is 23.2 Å². The number of likely N-dealkylation sites (tertiary alicyclic amines) is 1. The second kappa shape index (κ2) is 7.83. The van der Waals surface area contributed by atoms with E-state index in [1.807, 2.05) is 30.3 Å². The Labute approximate surface area is 167 Å². The van der Waals surface area contributed by atoms with Crippen molar-refractivity contribution >= 4 is 11.6 Å². The first-order chi connectivity index (χ1) is 14.0. The minimum Gasteiger partial charge on any atom is -0.337 e. The van der Waals surface area contributed by atoms with Crippen LogP contribution >= 0.6 is 0 Å². The van der Waals surface area contributed by atoms with Crippen LogP contribution in [0.15, 0.2) is 53.1 Å². The second-order valence-corrected chi connectivity index (χ2v) is 7.09. The van der Waals surface area contributed by atoms with Crippen LogP contribution in [0.5, 0.6) is 0 Å². The van der Waals surface area contributed by atoms with Gasteiger partial charge in [0.1, 0.15) is 6.04 Å². The van der Waals surface area contributed by atoms with Crippen molar-refractivity contribution in [3.63, 3.8) is 0 Å². The maximum Gasteiger partial charge on any atom is 0.273 e. The summed E-state index contributed by atoms with van der Waals surface area (Å²) in [4.78, 5) is 30.1. The first-order valence-electron chi connectivity index (χ1n) is 9.49. The molecular formula is C21H20N4O4. The summed E-state index contributed by atoms with van der Waals surface area (Å²) in [5.74, 6) is 0.598. The van der Waals surface area contributed by atoms with Gasteiger partial charge in [0.15, 0.2) is 0 Å². The molecule has 8 heteroatoms. The van der Waals surface area contributed by atoms with Crippen molar-refractivity contribution < 1.29 is 14.2 Å². The van der Waals surface area contributed by atoms with Crippen LogP contribution in [0, 0.1) is 17.0 Å². The number of hydrogen-bond donors (Lipinski definition) is 0. The van der Waals surface area contributed by atoms with Crippen LogP contribution < -0.4 is 0 Å². The smallest absolute Gasteiger partial charge is 0.273 e. The fourth-order valence-corrected chi connectivity index (χ4v) is 3.61. The summed E-state index contributed by atoms with van der Waals surface area (Å²) in [6, 6.07) is 13.7. The molecule has 0 saturated carbocycles. The minimum absolute atomic E-state index is 0.0615. The van der Waals surface area contributed by atoms with Crippen molar-refractivity contribution in [1.82, 2.24) is 15.0 Å². The highest BCUT2D eigenvalue weighted by molar-refractivity contribution is 5.95. The van der Waals surface area contributed by atoms with Crippen molar-refractivity contribution in [2.45, 2.75) is 32.2 Å². The third-order valence-electron chi connectivity index (χ3n) is 5.18. The Kier molecular flexibility index (Phi) is 5.07. The first kappa shape index (κ1) is 18.8. The van der Waals surface area contributed by atoms with Gasteiger partial charge in [-0.1, -0.05) is 41.6 Å². The monoisotopic (exact) mass is 392 g/mol. The molecular weight excluding hydrogens is 372 g/mol. The number of piperidine rings is 1. The molecule has 1 saturated heterocycles. The van der Waals surface area contributed by atoms with E-state index in [0.717, 1.165) is 18.4 Å². The number of benzene rings is 2. The van der Waals surface area contributed by atoms with Crippen molar-refractivity contribution in [3.8, 4) is 11.4 Å². The molecule has 1 aliphatic rings. The molecule has 29 heavy (non-hydrogen) atoms. The molecule has 8 nitrogen and oxygen atoms in total. The number of hydrogen-bond acceptors (Lipinski definition) is 6. The number of amides is 1. The van der Waals surface area contributed by atoms with E-state index in [4.69, 9.17) is 4.52 Å². The first-order valence-corrected chi connectivity index (χ1v) is 9.49. The molecule has 0 bridgehead atoms.